The number of rotatable bonds is 2. The Labute approximate surface area is 180 Å². The molecule has 0 saturated carbocycles. The number of fused-ring (bicyclic) bond motifs is 3. The second-order valence-electron chi connectivity index (χ2n) is 7.41. The van der Waals surface area contributed by atoms with Gasteiger partial charge in [-0.25, -0.2) is 4.99 Å². The Morgan fingerprint density at radius 3 is 2.73 bits per heavy atom. The van der Waals surface area contributed by atoms with Crippen molar-refractivity contribution in [1.82, 2.24) is 9.55 Å². The highest BCUT2D eigenvalue weighted by Gasteiger charge is 2.32. The number of aromatic nitrogens is 2. The van der Waals surface area contributed by atoms with Gasteiger partial charge in [0.1, 0.15) is 0 Å². The van der Waals surface area contributed by atoms with Gasteiger partial charge in [-0.3, -0.25) is 14.3 Å². The highest BCUT2D eigenvalue weighted by molar-refractivity contribution is 7.10. The molecule has 4 nitrogen and oxygen atoms in total. The summed E-state index contributed by atoms with van der Waals surface area (Å²) in [6.07, 6.45) is 7.33. The van der Waals surface area contributed by atoms with E-state index in [4.69, 9.17) is 4.99 Å². The summed E-state index contributed by atoms with van der Waals surface area (Å²) in [5.74, 6) is 0. The molecule has 1 aliphatic heterocycles. The number of allylic oxidation sites excluding steroid dienone is 1. The lowest BCUT2D eigenvalue weighted by atomic mass is 9.85. The van der Waals surface area contributed by atoms with Crippen molar-refractivity contribution in [3.05, 3.63) is 113 Å². The number of nitrogens with zero attached hydrogens (tertiary/aromatic N) is 3. The Hall–Kier alpha value is -3.09. The summed E-state index contributed by atoms with van der Waals surface area (Å²) in [5.41, 5.74) is 5.83. The fourth-order valence-corrected chi connectivity index (χ4v) is 6.18. The molecule has 0 radical (unpaired) electrons. The summed E-state index contributed by atoms with van der Waals surface area (Å²) in [6.45, 7) is 0. The lowest BCUT2D eigenvalue weighted by Crippen LogP contribution is -2.38. The number of benzene rings is 1. The van der Waals surface area contributed by atoms with Crippen LogP contribution < -0.4 is 14.9 Å². The summed E-state index contributed by atoms with van der Waals surface area (Å²) < 4.78 is 2.60. The SMILES string of the molecule is O=c1/c(=C\c2ccncc2)sc2n1[C@@H](c1cccs1)C1=C(N=2)c2ccccc2CC1. The number of hydrogen-bond donors (Lipinski definition) is 0. The van der Waals surface area contributed by atoms with Gasteiger partial charge in [0.15, 0.2) is 4.80 Å². The predicted molar refractivity (Wildman–Crippen MR) is 121 cm³/mol. The van der Waals surface area contributed by atoms with Crippen LogP contribution in [-0.4, -0.2) is 9.55 Å². The average molecular weight is 428 g/mol. The molecule has 0 unspecified atom stereocenters. The van der Waals surface area contributed by atoms with Gasteiger partial charge >= 0.3 is 0 Å². The Morgan fingerprint density at radius 1 is 1.03 bits per heavy atom. The molecule has 6 rings (SSSR count). The number of aryl methyl sites for hydroxylation is 1. The maximum absolute atomic E-state index is 13.5. The van der Waals surface area contributed by atoms with Gasteiger partial charge < -0.3 is 0 Å². The first-order valence-corrected chi connectivity index (χ1v) is 11.6. The third kappa shape index (κ3) is 2.75. The molecule has 0 N–H and O–H groups in total. The van der Waals surface area contributed by atoms with Crippen molar-refractivity contribution in [1.29, 1.82) is 0 Å². The highest BCUT2D eigenvalue weighted by atomic mass is 32.1. The summed E-state index contributed by atoms with van der Waals surface area (Å²) in [7, 11) is 0. The van der Waals surface area contributed by atoms with Gasteiger partial charge in [0.05, 0.1) is 16.3 Å². The predicted octanol–water partition coefficient (Wildman–Crippen LogP) is 3.78. The Balaban J connectivity index is 1.64. The summed E-state index contributed by atoms with van der Waals surface area (Å²) >= 11 is 3.17. The van der Waals surface area contributed by atoms with Gasteiger partial charge in [0.2, 0.25) is 0 Å². The summed E-state index contributed by atoms with van der Waals surface area (Å²) in [6, 6.07) is 16.4. The van der Waals surface area contributed by atoms with E-state index in [2.05, 4.69) is 46.8 Å². The van der Waals surface area contributed by atoms with E-state index in [1.54, 1.807) is 23.7 Å². The van der Waals surface area contributed by atoms with Crippen molar-refractivity contribution >= 4 is 34.4 Å². The normalized spacial score (nSPS) is 17.9. The van der Waals surface area contributed by atoms with Crippen LogP contribution >= 0.6 is 22.7 Å². The van der Waals surface area contributed by atoms with Crippen molar-refractivity contribution in [3.8, 4) is 0 Å². The molecule has 0 amide bonds. The van der Waals surface area contributed by atoms with Crippen LogP contribution in [0.25, 0.3) is 11.8 Å². The molecule has 0 spiro atoms. The van der Waals surface area contributed by atoms with E-state index in [-0.39, 0.29) is 11.6 Å². The molecule has 0 bridgehead atoms. The first-order chi connectivity index (χ1) is 14.8. The Bertz CT molecular complexity index is 1460. The van der Waals surface area contributed by atoms with E-state index in [0.717, 1.165) is 28.9 Å². The molecule has 0 fully saturated rings. The second kappa shape index (κ2) is 7.00. The van der Waals surface area contributed by atoms with E-state index in [1.165, 1.54) is 32.9 Å². The smallest absolute Gasteiger partial charge is 0.271 e. The fraction of sp³-hybridized carbons (Fsp3) is 0.125. The molecule has 1 aliphatic carbocycles. The molecular weight excluding hydrogens is 410 g/mol. The average Bonchev–Trinajstić information content (AvgIpc) is 3.42. The van der Waals surface area contributed by atoms with Crippen LogP contribution in [-0.2, 0) is 6.42 Å². The van der Waals surface area contributed by atoms with E-state index in [9.17, 15) is 4.79 Å². The van der Waals surface area contributed by atoms with Gasteiger partial charge in [0.25, 0.3) is 5.56 Å². The lowest BCUT2D eigenvalue weighted by molar-refractivity contribution is 0.593. The quantitative estimate of drug-likeness (QED) is 0.489. The number of pyridine rings is 1. The molecule has 6 heteroatoms. The van der Waals surface area contributed by atoms with Crippen LogP contribution in [0.15, 0.2) is 81.7 Å². The van der Waals surface area contributed by atoms with Crippen LogP contribution in [0.2, 0.25) is 0 Å². The third-order valence-corrected chi connectivity index (χ3v) is 7.60. The van der Waals surface area contributed by atoms with E-state index >= 15 is 0 Å². The fourth-order valence-electron chi connectivity index (χ4n) is 4.33. The van der Waals surface area contributed by atoms with Crippen LogP contribution in [0.3, 0.4) is 0 Å². The third-order valence-electron chi connectivity index (χ3n) is 5.69. The Morgan fingerprint density at radius 2 is 1.90 bits per heavy atom. The molecule has 0 saturated heterocycles. The summed E-state index contributed by atoms with van der Waals surface area (Å²) in [5, 5.41) is 2.08. The zero-order chi connectivity index (χ0) is 20.1. The first-order valence-electron chi connectivity index (χ1n) is 9.86. The maximum Gasteiger partial charge on any atom is 0.271 e. The minimum absolute atomic E-state index is 0.0272. The zero-order valence-corrected chi connectivity index (χ0v) is 17.6. The van der Waals surface area contributed by atoms with Crippen LogP contribution in [0.5, 0.6) is 0 Å². The lowest BCUT2D eigenvalue weighted by Gasteiger charge is -2.30. The van der Waals surface area contributed by atoms with Gasteiger partial charge in [-0.1, -0.05) is 41.7 Å². The zero-order valence-electron chi connectivity index (χ0n) is 16.0. The van der Waals surface area contributed by atoms with Crippen molar-refractivity contribution in [3.63, 3.8) is 0 Å². The van der Waals surface area contributed by atoms with Crippen molar-refractivity contribution in [2.45, 2.75) is 18.9 Å². The van der Waals surface area contributed by atoms with Crippen LogP contribution in [0.1, 0.15) is 34.0 Å². The van der Waals surface area contributed by atoms with Crippen molar-refractivity contribution in [2.24, 2.45) is 4.99 Å². The van der Waals surface area contributed by atoms with Crippen LogP contribution in [0, 0.1) is 0 Å². The molecule has 30 heavy (non-hydrogen) atoms. The number of hydrogen-bond acceptors (Lipinski definition) is 5. The van der Waals surface area contributed by atoms with Gasteiger partial charge in [-0.2, -0.15) is 0 Å². The molecule has 4 aromatic rings. The standard InChI is InChI=1S/C24H17N3OS2/c28-23-20(14-15-9-11-25-12-10-15)30-24-26-21-17-5-2-1-4-16(17)7-8-18(21)22(27(23)24)19-6-3-13-29-19/h1-6,9-14,22H,7-8H2/b20-14+/t22-/m1/s1. The first kappa shape index (κ1) is 17.7. The molecule has 1 atom stereocenters. The Kier molecular flexibility index (Phi) is 4.14. The highest BCUT2D eigenvalue weighted by Crippen LogP contribution is 2.42. The molecule has 3 aromatic heterocycles. The monoisotopic (exact) mass is 427 g/mol. The molecular formula is C24H17N3OS2. The summed E-state index contributed by atoms with van der Waals surface area (Å²) in [4.78, 5) is 24.5. The topological polar surface area (TPSA) is 47.2 Å². The maximum atomic E-state index is 13.5. The molecule has 146 valence electrons. The van der Waals surface area contributed by atoms with E-state index in [0.29, 0.717) is 4.53 Å². The van der Waals surface area contributed by atoms with Gasteiger partial charge in [-0.05, 0) is 59.2 Å². The van der Waals surface area contributed by atoms with E-state index in [1.807, 2.05) is 22.8 Å². The molecule has 4 heterocycles. The van der Waals surface area contributed by atoms with Gasteiger partial charge in [0, 0.05) is 22.8 Å². The van der Waals surface area contributed by atoms with Crippen LogP contribution in [0.4, 0.5) is 0 Å². The number of thiophene rings is 1. The minimum Gasteiger partial charge on any atom is -0.271 e. The molecule has 1 aromatic carbocycles. The van der Waals surface area contributed by atoms with E-state index < -0.39 is 0 Å². The largest absolute Gasteiger partial charge is 0.271 e. The molecule has 2 aliphatic rings. The minimum atomic E-state index is -0.0794. The number of thiazole rings is 1. The van der Waals surface area contributed by atoms with Crippen molar-refractivity contribution < 1.29 is 0 Å². The second-order valence-corrected chi connectivity index (χ2v) is 9.40. The van der Waals surface area contributed by atoms with Crippen molar-refractivity contribution in [2.75, 3.05) is 0 Å². The van der Waals surface area contributed by atoms with Gasteiger partial charge in [-0.15, -0.1) is 11.3 Å².